The van der Waals surface area contributed by atoms with Crippen LogP contribution in [0.4, 0.5) is 0 Å². The average molecular weight is 258 g/mol. The van der Waals surface area contributed by atoms with E-state index in [0.717, 1.165) is 11.1 Å². The smallest absolute Gasteiger partial charge is 0.305 e. The van der Waals surface area contributed by atoms with Crippen molar-refractivity contribution >= 4 is 5.97 Å². The molecule has 5 nitrogen and oxygen atoms in total. The number of hydrogen-bond donors (Lipinski definition) is 2. The number of aliphatic hydroxyl groups is 1. The maximum Gasteiger partial charge on any atom is 0.305 e. The minimum Gasteiger partial charge on any atom is -0.481 e. The first kappa shape index (κ1) is 13.2. The second-order valence-corrected chi connectivity index (χ2v) is 4.23. The number of aromatic nitrogens is 2. The van der Waals surface area contributed by atoms with Crippen molar-refractivity contribution in [1.29, 1.82) is 0 Å². The van der Waals surface area contributed by atoms with Gasteiger partial charge in [0.25, 0.3) is 0 Å². The molecule has 0 saturated heterocycles. The average Bonchev–Trinajstić information content (AvgIpc) is 2.39. The van der Waals surface area contributed by atoms with E-state index in [0.29, 0.717) is 12.2 Å². The molecule has 0 saturated carbocycles. The Morgan fingerprint density at radius 3 is 2.37 bits per heavy atom. The number of carboxylic acid groups (broad SMARTS) is 1. The number of nitrogens with zero attached hydrogens (tertiary/aromatic N) is 2. The molecule has 1 heterocycles. The predicted molar refractivity (Wildman–Crippen MR) is 69.4 cm³/mol. The van der Waals surface area contributed by atoms with Crippen LogP contribution in [-0.4, -0.2) is 32.3 Å². The maximum atomic E-state index is 10.5. The van der Waals surface area contributed by atoms with Crippen LogP contribution in [0.15, 0.2) is 42.7 Å². The van der Waals surface area contributed by atoms with Gasteiger partial charge in [-0.1, -0.05) is 24.3 Å². The Morgan fingerprint density at radius 1 is 1.16 bits per heavy atom. The quantitative estimate of drug-likeness (QED) is 0.849. The topological polar surface area (TPSA) is 83.3 Å². The molecule has 0 aliphatic carbocycles. The lowest BCUT2D eigenvalue weighted by molar-refractivity contribution is -0.139. The summed E-state index contributed by atoms with van der Waals surface area (Å²) >= 11 is 0. The molecule has 5 heteroatoms. The van der Waals surface area contributed by atoms with Crippen LogP contribution in [0, 0.1) is 0 Å². The fraction of sp³-hybridized carbons (Fsp3) is 0.214. The molecule has 1 aromatic carbocycles. The van der Waals surface area contributed by atoms with E-state index in [2.05, 4.69) is 9.97 Å². The third-order valence-corrected chi connectivity index (χ3v) is 2.66. The van der Waals surface area contributed by atoms with Crippen molar-refractivity contribution in [3.63, 3.8) is 0 Å². The van der Waals surface area contributed by atoms with Crippen LogP contribution >= 0.6 is 0 Å². The van der Waals surface area contributed by atoms with Gasteiger partial charge in [-0.05, 0) is 18.1 Å². The van der Waals surface area contributed by atoms with Crippen molar-refractivity contribution in [2.24, 2.45) is 0 Å². The zero-order valence-corrected chi connectivity index (χ0v) is 10.2. The van der Waals surface area contributed by atoms with Gasteiger partial charge < -0.3 is 10.2 Å². The van der Waals surface area contributed by atoms with E-state index in [1.165, 1.54) is 0 Å². The molecular weight excluding hydrogens is 244 g/mol. The summed E-state index contributed by atoms with van der Waals surface area (Å²) in [7, 11) is 0. The molecule has 2 N–H and O–H groups in total. The van der Waals surface area contributed by atoms with Crippen molar-refractivity contribution in [1.82, 2.24) is 9.97 Å². The molecule has 1 unspecified atom stereocenters. The molecule has 0 spiro atoms. The molecule has 0 radical (unpaired) electrons. The summed E-state index contributed by atoms with van der Waals surface area (Å²) in [6, 6.07) is 9.16. The van der Waals surface area contributed by atoms with E-state index in [1.807, 2.05) is 24.3 Å². The van der Waals surface area contributed by atoms with Gasteiger partial charge in [0, 0.05) is 18.0 Å². The summed E-state index contributed by atoms with van der Waals surface area (Å²) in [6.45, 7) is 0. The Kier molecular flexibility index (Phi) is 4.20. The van der Waals surface area contributed by atoms with Crippen molar-refractivity contribution in [3.8, 4) is 11.4 Å². The number of aliphatic hydroxyl groups excluding tert-OH is 1. The Hall–Kier alpha value is -2.27. The van der Waals surface area contributed by atoms with E-state index >= 15 is 0 Å². The Morgan fingerprint density at radius 2 is 1.79 bits per heavy atom. The monoisotopic (exact) mass is 258 g/mol. The molecule has 0 aliphatic heterocycles. The Bertz CT molecular complexity index is 540. The fourth-order valence-electron chi connectivity index (χ4n) is 1.78. The van der Waals surface area contributed by atoms with Crippen molar-refractivity contribution < 1.29 is 15.0 Å². The second-order valence-electron chi connectivity index (χ2n) is 4.23. The first-order valence-electron chi connectivity index (χ1n) is 5.91. The third kappa shape index (κ3) is 3.86. The van der Waals surface area contributed by atoms with Gasteiger partial charge in [0.05, 0.1) is 12.5 Å². The largest absolute Gasteiger partial charge is 0.481 e. The Balaban J connectivity index is 2.05. The van der Waals surface area contributed by atoms with Crippen LogP contribution in [0.2, 0.25) is 0 Å². The summed E-state index contributed by atoms with van der Waals surface area (Å²) < 4.78 is 0. The first-order valence-corrected chi connectivity index (χ1v) is 5.91. The summed E-state index contributed by atoms with van der Waals surface area (Å²) in [5, 5.41) is 18.1. The minimum absolute atomic E-state index is 0.246. The highest BCUT2D eigenvalue weighted by Gasteiger charge is 2.10. The van der Waals surface area contributed by atoms with Crippen LogP contribution in [0.25, 0.3) is 11.4 Å². The number of carboxylic acids is 1. The number of aliphatic carboxylic acids is 1. The highest BCUT2D eigenvalue weighted by atomic mass is 16.4. The number of carbonyl (C=O) groups is 1. The molecule has 1 aromatic heterocycles. The minimum atomic E-state index is -0.998. The second kappa shape index (κ2) is 6.06. The van der Waals surface area contributed by atoms with Gasteiger partial charge in [-0.3, -0.25) is 4.79 Å². The lowest BCUT2D eigenvalue weighted by Gasteiger charge is -2.08. The molecule has 0 amide bonds. The number of benzene rings is 1. The van der Waals surface area contributed by atoms with Gasteiger partial charge in [-0.15, -0.1) is 0 Å². The van der Waals surface area contributed by atoms with Crippen LogP contribution in [-0.2, 0) is 11.2 Å². The molecule has 2 aromatic rings. The highest BCUT2D eigenvalue weighted by molar-refractivity contribution is 5.67. The summed E-state index contributed by atoms with van der Waals surface area (Å²) in [5.74, 6) is -0.359. The fourth-order valence-corrected chi connectivity index (χ4v) is 1.78. The van der Waals surface area contributed by atoms with Crippen molar-refractivity contribution in [2.75, 3.05) is 0 Å². The Labute approximate surface area is 110 Å². The maximum absolute atomic E-state index is 10.5. The number of rotatable bonds is 5. The van der Waals surface area contributed by atoms with E-state index in [4.69, 9.17) is 5.11 Å². The van der Waals surface area contributed by atoms with E-state index in [1.54, 1.807) is 18.5 Å². The third-order valence-electron chi connectivity index (χ3n) is 2.66. The van der Waals surface area contributed by atoms with Gasteiger partial charge in [-0.2, -0.15) is 0 Å². The number of hydrogen-bond acceptors (Lipinski definition) is 4. The van der Waals surface area contributed by atoms with E-state index in [9.17, 15) is 9.90 Å². The molecule has 0 aliphatic rings. The molecule has 2 rings (SSSR count). The first-order chi connectivity index (χ1) is 9.15. The van der Waals surface area contributed by atoms with Gasteiger partial charge in [-0.25, -0.2) is 9.97 Å². The van der Waals surface area contributed by atoms with Gasteiger partial charge in [0.1, 0.15) is 0 Å². The van der Waals surface area contributed by atoms with E-state index in [-0.39, 0.29) is 6.42 Å². The summed E-state index contributed by atoms with van der Waals surface area (Å²) in [5.41, 5.74) is 1.77. The lowest BCUT2D eigenvalue weighted by atomic mass is 10.0. The summed E-state index contributed by atoms with van der Waals surface area (Å²) in [4.78, 5) is 18.7. The summed E-state index contributed by atoms with van der Waals surface area (Å²) in [6.07, 6.45) is 2.56. The molecule has 1 atom stereocenters. The van der Waals surface area contributed by atoms with Crippen LogP contribution in [0.5, 0.6) is 0 Å². The van der Waals surface area contributed by atoms with Crippen molar-refractivity contribution in [2.45, 2.75) is 18.9 Å². The molecule has 0 bridgehead atoms. The highest BCUT2D eigenvalue weighted by Crippen LogP contribution is 2.15. The van der Waals surface area contributed by atoms with Crippen LogP contribution < -0.4 is 0 Å². The molecule has 98 valence electrons. The molecular formula is C14H14N2O3. The van der Waals surface area contributed by atoms with Crippen LogP contribution in [0.3, 0.4) is 0 Å². The lowest BCUT2D eigenvalue weighted by Crippen LogP contribution is -2.15. The predicted octanol–water partition coefficient (Wildman–Crippen LogP) is 1.52. The molecule has 0 fully saturated rings. The van der Waals surface area contributed by atoms with Gasteiger partial charge in [0.2, 0.25) is 0 Å². The van der Waals surface area contributed by atoms with Crippen molar-refractivity contribution in [3.05, 3.63) is 48.3 Å². The normalized spacial score (nSPS) is 12.1. The van der Waals surface area contributed by atoms with E-state index < -0.39 is 12.1 Å². The zero-order valence-electron chi connectivity index (χ0n) is 10.2. The molecule has 19 heavy (non-hydrogen) atoms. The van der Waals surface area contributed by atoms with Gasteiger partial charge in [0.15, 0.2) is 5.82 Å². The van der Waals surface area contributed by atoms with Crippen LogP contribution in [0.1, 0.15) is 12.0 Å². The zero-order chi connectivity index (χ0) is 13.7. The van der Waals surface area contributed by atoms with Gasteiger partial charge >= 0.3 is 5.97 Å². The SMILES string of the molecule is O=C(O)CC(O)Cc1ccc(-c2ncccn2)cc1. The standard InChI is InChI=1S/C14H14N2O3/c17-12(9-13(18)19)8-10-2-4-11(5-3-10)14-15-6-1-7-16-14/h1-7,12,17H,8-9H2,(H,18,19).